The Morgan fingerprint density at radius 1 is 1.21 bits per heavy atom. The lowest BCUT2D eigenvalue weighted by atomic mass is 10.0. The van der Waals surface area contributed by atoms with Crippen molar-refractivity contribution in [1.82, 2.24) is 4.57 Å². The van der Waals surface area contributed by atoms with Gasteiger partial charge in [-0.1, -0.05) is 6.07 Å². The Morgan fingerprint density at radius 3 is 2.84 bits per heavy atom. The van der Waals surface area contributed by atoms with Crippen molar-refractivity contribution in [3.63, 3.8) is 0 Å². The van der Waals surface area contributed by atoms with Crippen LogP contribution in [0.4, 0.5) is 0 Å². The summed E-state index contributed by atoms with van der Waals surface area (Å²) in [6.07, 6.45) is 5.26. The van der Waals surface area contributed by atoms with Crippen LogP contribution in [0.15, 0.2) is 30.5 Å². The SMILES string of the molecule is OCCc1ccc2c(ccn2CC2CCOCC2)c1. The molecule has 0 bridgehead atoms. The van der Waals surface area contributed by atoms with Crippen LogP contribution in [0.5, 0.6) is 0 Å². The van der Waals surface area contributed by atoms with Crippen molar-refractivity contribution in [2.75, 3.05) is 19.8 Å². The largest absolute Gasteiger partial charge is 0.396 e. The lowest BCUT2D eigenvalue weighted by Crippen LogP contribution is -2.20. The average molecular weight is 259 g/mol. The number of ether oxygens (including phenoxy) is 1. The smallest absolute Gasteiger partial charge is 0.0480 e. The molecule has 3 heteroatoms. The van der Waals surface area contributed by atoms with Gasteiger partial charge in [-0.05, 0) is 54.3 Å². The number of aliphatic hydroxyl groups is 1. The number of rotatable bonds is 4. The molecule has 1 N–H and O–H groups in total. The van der Waals surface area contributed by atoms with Gasteiger partial charge >= 0.3 is 0 Å². The Labute approximate surface area is 113 Å². The number of nitrogens with zero attached hydrogens (tertiary/aromatic N) is 1. The van der Waals surface area contributed by atoms with Gasteiger partial charge in [0.15, 0.2) is 0 Å². The van der Waals surface area contributed by atoms with E-state index >= 15 is 0 Å². The van der Waals surface area contributed by atoms with Gasteiger partial charge in [0.2, 0.25) is 0 Å². The number of aromatic nitrogens is 1. The molecule has 0 saturated carbocycles. The normalized spacial score (nSPS) is 17.1. The predicted octanol–water partition coefficient (Wildman–Crippen LogP) is 2.60. The minimum absolute atomic E-state index is 0.217. The third-order valence-corrected chi connectivity index (χ3v) is 4.03. The standard InChI is InChI=1S/C16H21NO2/c18-8-4-13-1-2-16-15(11-13)3-7-17(16)12-14-5-9-19-10-6-14/h1-3,7,11,14,18H,4-6,8-10,12H2. The summed E-state index contributed by atoms with van der Waals surface area (Å²) in [4.78, 5) is 0. The second-order valence-electron chi connectivity index (χ2n) is 5.39. The van der Waals surface area contributed by atoms with E-state index < -0.39 is 0 Å². The first-order valence-corrected chi connectivity index (χ1v) is 7.13. The van der Waals surface area contributed by atoms with E-state index in [1.165, 1.54) is 29.3 Å². The maximum atomic E-state index is 9.00. The molecule has 1 fully saturated rings. The summed E-state index contributed by atoms with van der Waals surface area (Å²) in [6, 6.07) is 8.67. The first-order chi connectivity index (χ1) is 9.36. The van der Waals surface area contributed by atoms with Crippen molar-refractivity contribution in [3.05, 3.63) is 36.0 Å². The lowest BCUT2D eigenvalue weighted by Gasteiger charge is -2.22. The van der Waals surface area contributed by atoms with E-state index in [0.717, 1.165) is 32.1 Å². The molecule has 1 aliphatic heterocycles. The third-order valence-electron chi connectivity index (χ3n) is 4.03. The maximum Gasteiger partial charge on any atom is 0.0480 e. The second kappa shape index (κ2) is 5.76. The first kappa shape index (κ1) is 12.7. The van der Waals surface area contributed by atoms with Gasteiger partial charge in [0.25, 0.3) is 0 Å². The maximum absolute atomic E-state index is 9.00. The van der Waals surface area contributed by atoms with Gasteiger partial charge in [0.1, 0.15) is 0 Å². The van der Waals surface area contributed by atoms with Crippen molar-refractivity contribution >= 4 is 10.9 Å². The minimum Gasteiger partial charge on any atom is -0.396 e. The summed E-state index contributed by atoms with van der Waals surface area (Å²) in [5, 5.41) is 10.3. The van der Waals surface area contributed by atoms with Crippen LogP contribution in [0.25, 0.3) is 10.9 Å². The molecule has 2 aromatic rings. The van der Waals surface area contributed by atoms with Crippen molar-refractivity contribution in [1.29, 1.82) is 0 Å². The number of fused-ring (bicyclic) bond motifs is 1. The van der Waals surface area contributed by atoms with Gasteiger partial charge in [-0.25, -0.2) is 0 Å². The van der Waals surface area contributed by atoms with Gasteiger partial charge in [0, 0.05) is 38.1 Å². The van der Waals surface area contributed by atoms with E-state index in [1.54, 1.807) is 0 Å². The number of aliphatic hydroxyl groups excluding tert-OH is 1. The molecule has 0 radical (unpaired) electrons. The van der Waals surface area contributed by atoms with Crippen LogP contribution in [-0.2, 0) is 17.7 Å². The fraction of sp³-hybridized carbons (Fsp3) is 0.500. The second-order valence-corrected chi connectivity index (χ2v) is 5.39. The van der Waals surface area contributed by atoms with E-state index in [0.29, 0.717) is 0 Å². The van der Waals surface area contributed by atoms with Crippen molar-refractivity contribution in [2.45, 2.75) is 25.8 Å². The van der Waals surface area contributed by atoms with E-state index in [9.17, 15) is 0 Å². The summed E-state index contributed by atoms with van der Waals surface area (Å²) in [7, 11) is 0. The van der Waals surface area contributed by atoms with Gasteiger partial charge in [-0.3, -0.25) is 0 Å². The topological polar surface area (TPSA) is 34.4 Å². The number of hydrogen-bond acceptors (Lipinski definition) is 2. The summed E-state index contributed by atoms with van der Waals surface area (Å²) >= 11 is 0. The Balaban J connectivity index is 1.80. The zero-order valence-corrected chi connectivity index (χ0v) is 11.2. The quantitative estimate of drug-likeness (QED) is 0.916. The van der Waals surface area contributed by atoms with Crippen LogP contribution in [0, 0.1) is 5.92 Å². The summed E-state index contributed by atoms with van der Waals surface area (Å²) in [5.74, 6) is 0.737. The molecule has 1 saturated heterocycles. The molecule has 0 unspecified atom stereocenters. The highest BCUT2D eigenvalue weighted by molar-refractivity contribution is 5.80. The van der Waals surface area contributed by atoms with Crippen LogP contribution in [0.3, 0.4) is 0 Å². The van der Waals surface area contributed by atoms with Crippen molar-refractivity contribution in [3.8, 4) is 0 Å². The molecule has 2 heterocycles. The zero-order chi connectivity index (χ0) is 13.1. The molecule has 0 aliphatic carbocycles. The lowest BCUT2D eigenvalue weighted by molar-refractivity contribution is 0.0616. The van der Waals surface area contributed by atoms with E-state index in [2.05, 4.69) is 35.0 Å². The molecule has 0 atom stereocenters. The van der Waals surface area contributed by atoms with Crippen LogP contribution in [-0.4, -0.2) is 29.5 Å². The molecule has 1 aromatic heterocycles. The highest BCUT2D eigenvalue weighted by atomic mass is 16.5. The Kier molecular flexibility index (Phi) is 3.85. The molecule has 102 valence electrons. The van der Waals surface area contributed by atoms with Crippen molar-refractivity contribution in [2.24, 2.45) is 5.92 Å². The Bertz CT molecular complexity index is 541. The summed E-state index contributed by atoms with van der Waals surface area (Å²) in [6.45, 7) is 3.12. The van der Waals surface area contributed by atoms with Crippen LogP contribution in [0.1, 0.15) is 18.4 Å². The van der Waals surface area contributed by atoms with E-state index in [1.807, 2.05) is 0 Å². The molecule has 1 aromatic carbocycles. The minimum atomic E-state index is 0.217. The average Bonchev–Trinajstić information content (AvgIpc) is 2.83. The first-order valence-electron chi connectivity index (χ1n) is 7.13. The Morgan fingerprint density at radius 2 is 2.05 bits per heavy atom. The molecule has 3 rings (SSSR count). The predicted molar refractivity (Wildman–Crippen MR) is 76.3 cm³/mol. The fourth-order valence-electron chi connectivity index (χ4n) is 2.90. The number of hydrogen-bond donors (Lipinski definition) is 1. The van der Waals surface area contributed by atoms with Crippen LogP contribution >= 0.6 is 0 Å². The molecular formula is C16H21NO2. The molecule has 19 heavy (non-hydrogen) atoms. The number of benzene rings is 1. The highest BCUT2D eigenvalue weighted by Crippen LogP contribution is 2.22. The summed E-state index contributed by atoms with van der Waals surface area (Å²) < 4.78 is 7.77. The van der Waals surface area contributed by atoms with Gasteiger partial charge in [-0.15, -0.1) is 0 Å². The van der Waals surface area contributed by atoms with Gasteiger partial charge in [0.05, 0.1) is 0 Å². The monoisotopic (exact) mass is 259 g/mol. The molecule has 3 nitrogen and oxygen atoms in total. The van der Waals surface area contributed by atoms with Gasteiger partial charge < -0.3 is 14.4 Å². The molecule has 0 amide bonds. The molecule has 0 spiro atoms. The van der Waals surface area contributed by atoms with Crippen LogP contribution < -0.4 is 0 Å². The fourth-order valence-corrected chi connectivity index (χ4v) is 2.90. The summed E-state index contributed by atoms with van der Waals surface area (Å²) in [5.41, 5.74) is 2.51. The van der Waals surface area contributed by atoms with E-state index in [4.69, 9.17) is 9.84 Å². The van der Waals surface area contributed by atoms with Gasteiger partial charge in [-0.2, -0.15) is 0 Å². The zero-order valence-electron chi connectivity index (χ0n) is 11.2. The van der Waals surface area contributed by atoms with Crippen LogP contribution in [0.2, 0.25) is 0 Å². The molecule has 1 aliphatic rings. The third kappa shape index (κ3) is 2.82. The van der Waals surface area contributed by atoms with E-state index in [-0.39, 0.29) is 6.61 Å². The Hall–Kier alpha value is -1.32. The molecular weight excluding hydrogens is 238 g/mol. The van der Waals surface area contributed by atoms with Crippen molar-refractivity contribution < 1.29 is 9.84 Å². The highest BCUT2D eigenvalue weighted by Gasteiger charge is 2.15.